The maximum Gasteiger partial charge on any atom is 0.337 e. The van der Waals surface area contributed by atoms with Gasteiger partial charge in [0.25, 0.3) is 11.8 Å². The molecule has 14 aromatic rings. The lowest BCUT2D eigenvalue weighted by Gasteiger charge is -2.34. The van der Waals surface area contributed by atoms with E-state index in [0.717, 1.165) is 134 Å². The Morgan fingerprint density at radius 3 is 0.855 bits per heavy atom. The highest BCUT2D eigenvalue weighted by atomic mass is 35.5. The van der Waals surface area contributed by atoms with E-state index in [9.17, 15) is 19.5 Å². The van der Waals surface area contributed by atoms with Gasteiger partial charge in [-0.05, 0) is 88.5 Å². The molecule has 0 radical (unpaired) electrons. The summed E-state index contributed by atoms with van der Waals surface area (Å²) in [6.07, 6.45) is 14.5. The second-order valence-corrected chi connectivity index (χ2v) is 33.1. The highest BCUT2D eigenvalue weighted by Gasteiger charge is 2.29. The Kier molecular flexibility index (Phi) is 40.8. The molecule has 6 aromatic heterocycles. The Morgan fingerprint density at radius 2 is 0.587 bits per heavy atom. The van der Waals surface area contributed by atoms with E-state index in [2.05, 4.69) is 116 Å². The van der Waals surface area contributed by atoms with Crippen molar-refractivity contribution in [3.05, 3.63) is 270 Å². The topological polar surface area (TPSA) is 340 Å². The second kappa shape index (κ2) is 51.7. The number of halogens is 6. The fraction of sp³-hybridized carbons (Fsp3) is 0.294. The van der Waals surface area contributed by atoms with Crippen LogP contribution in [0.2, 0.25) is 30.1 Å². The molecule has 3 fully saturated rings. The molecule has 6 N–H and O–H groups in total. The minimum atomic E-state index is -1.10. The van der Waals surface area contributed by atoms with Crippen LogP contribution in [0.3, 0.4) is 0 Å². The number of hydrogen-bond donors (Lipinski definition) is 5. The van der Waals surface area contributed by atoms with Gasteiger partial charge in [-0.15, -0.1) is 0 Å². The molecule has 17 rings (SSSR count). The van der Waals surface area contributed by atoms with Crippen molar-refractivity contribution in [3.8, 4) is 79.4 Å². The van der Waals surface area contributed by atoms with Gasteiger partial charge in [0.15, 0.2) is 0 Å². The van der Waals surface area contributed by atoms with E-state index in [1.165, 1.54) is 90.2 Å². The van der Waals surface area contributed by atoms with E-state index in [0.29, 0.717) is 144 Å². The minimum Gasteiger partial charge on any atom is -0.497 e. The largest absolute Gasteiger partial charge is 0.497 e. The summed E-state index contributed by atoms with van der Waals surface area (Å²) in [6, 6.07) is 42.8. The van der Waals surface area contributed by atoms with Crippen LogP contribution in [0.4, 0.5) is 17.5 Å². The Labute approximate surface area is 835 Å². The molecule has 0 spiro atoms. The lowest BCUT2D eigenvalue weighted by molar-refractivity contribution is 0.0698. The van der Waals surface area contributed by atoms with Crippen molar-refractivity contribution in [1.82, 2.24) is 74.7 Å². The maximum atomic E-state index is 13.5. The Bertz CT molecular complexity index is 6360. The number of hydrogen-bond acceptors (Lipinski definition) is 27. The van der Waals surface area contributed by atoms with Crippen LogP contribution in [0.1, 0.15) is 96.0 Å². The molecule has 3 aliphatic rings. The average molecular weight is 2000 g/mol. The SMILES string of the molecule is C.C.C.C.C.COc1cc(OC)c(Cl)c(-c2ccc(C(=O)Nc3ccc(CN4CCNCC4)cn3)c3nccnc23)c1Cl.COc1cc(OC)c(Cl)c(-c2ccc(C(=O)O)c3nccnc23)c1Cl.COc1ccc(CN2CCN(Cc3ccc(N)nc3)CC2)cc1.COc1ccc(CN2CCN(Cc3ccc(NC(=O)c4ccc(-c5c(Cl)c(OC)cc(OC)c5Cl)c5nccnc45)nc3)CC2)cc1. The van der Waals surface area contributed by atoms with E-state index in [4.69, 9.17) is 113 Å². The van der Waals surface area contributed by atoms with Crippen LogP contribution in [0, 0.1) is 0 Å². The first-order valence-corrected chi connectivity index (χ1v) is 44.4. The number of aromatic carboxylic acids is 1. The first kappa shape index (κ1) is 109. The van der Waals surface area contributed by atoms with Gasteiger partial charge in [0.1, 0.15) is 80.0 Å². The molecule has 30 nitrogen and oxygen atoms in total. The number of carbonyl (C=O) groups is 3. The zero-order chi connectivity index (χ0) is 93.8. The molecule has 0 saturated carbocycles. The number of carboxylic acids is 1. The molecule has 0 unspecified atom stereocenters. The Hall–Kier alpha value is -12.7. The van der Waals surface area contributed by atoms with Crippen LogP contribution < -0.4 is 59.6 Å². The van der Waals surface area contributed by atoms with Crippen molar-refractivity contribution < 1.29 is 57.4 Å². The number of carbonyl (C=O) groups excluding carboxylic acids is 2. The van der Waals surface area contributed by atoms with Crippen LogP contribution >= 0.6 is 69.6 Å². The summed E-state index contributed by atoms with van der Waals surface area (Å²) in [5, 5.41) is 20.2. The standard InChI is InChI=1S/C35H34Cl2N6O4.C27H26Cl2N6O3.C18H24N4O.C17H12Cl2N2O4.5CH4/c1-45-24-7-4-22(5-8-24)20-42-14-16-43(17-15-42)21-23-6-11-29(40-19-23)41-35(44)26-10-9-25(33-34(26)39-13-12-38-33)30-31(36)27(46-2)18-28(47-3)32(30)37;1-37-19-13-20(38-2)24(29)22(23(19)28)17-4-5-18(26-25(17)31-7-8-32-26)27(36)34-21-6-3-16(14-33-21)15-35-11-9-30-10-12-35;1-23-17-5-2-15(3-6-17)13-21-8-10-22(11-9-21)14-16-4-7-18(19)20-12-16;1-24-10-7-11(25-2)14(19)12(13(10)18)8-3-4-9(17(22)23)16-15(8)20-5-6-21-16;;;;;/h4-13,18-19H,14-17,20-21H2,1-3H3,(H,40,41,44);3-8,13-14,30H,9-12,15H2,1-2H3,(H,33,34,36);2-7,12H,8-11,13-14H2,1H3,(H2,19,20);3-7H,1-2H3,(H,22,23);5*1H4. The number of nitrogens with one attached hydrogen (secondary N) is 3. The van der Waals surface area contributed by atoms with Crippen molar-refractivity contribution in [1.29, 1.82) is 0 Å². The Morgan fingerprint density at radius 1 is 0.326 bits per heavy atom. The van der Waals surface area contributed by atoms with Gasteiger partial charge in [0.2, 0.25) is 0 Å². The number of ether oxygens (including phenoxy) is 8. The molecule has 3 aliphatic heterocycles. The van der Waals surface area contributed by atoms with Crippen LogP contribution in [0.25, 0.3) is 66.5 Å². The van der Waals surface area contributed by atoms with Gasteiger partial charge in [-0.3, -0.25) is 64.0 Å². The molecular weight excluding hydrogens is 1880 g/mol. The fourth-order valence-corrected chi connectivity index (χ4v) is 17.7. The fourth-order valence-electron chi connectivity index (χ4n) is 15.6. The molecule has 0 aliphatic carbocycles. The number of amides is 2. The summed E-state index contributed by atoms with van der Waals surface area (Å²) in [7, 11) is 12.4. The summed E-state index contributed by atoms with van der Waals surface area (Å²) >= 11 is 39.6. The third-order valence-electron chi connectivity index (χ3n) is 22.6. The van der Waals surface area contributed by atoms with Crippen LogP contribution in [0.15, 0.2) is 195 Å². The molecule has 728 valence electrons. The number of pyridine rings is 3. The normalized spacial score (nSPS) is 13.2. The zero-order valence-corrected chi connectivity index (χ0v) is 78.6. The number of benzene rings is 8. The first-order chi connectivity index (χ1) is 64.6. The number of nitrogen functional groups attached to an aromatic ring is 1. The number of fused-ring (bicyclic) bond motifs is 3. The molecule has 3 saturated heterocycles. The summed E-state index contributed by atoms with van der Waals surface area (Å²) in [6.45, 7) is 16.7. The van der Waals surface area contributed by atoms with E-state index in [1.807, 2.05) is 54.7 Å². The number of piperazine rings is 3. The molecule has 2 amide bonds. The van der Waals surface area contributed by atoms with Crippen molar-refractivity contribution in [2.45, 2.75) is 69.9 Å². The predicted octanol–water partition coefficient (Wildman–Crippen LogP) is 20.8. The number of aromatic nitrogens is 9. The van der Waals surface area contributed by atoms with Crippen molar-refractivity contribution in [3.63, 3.8) is 0 Å². The van der Waals surface area contributed by atoms with Crippen LogP contribution in [-0.4, -0.2) is 228 Å². The number of rotatable bonds is 26. The third-order valence-corrected chi connectivity index (χ3v) is 24.8. The number of nitrogens with zero attached hydrogens (tertiary/aromatic N) is 14. The third kappa shape index (κ3) is 26.2. The quantitative estimate of drug-likeness (QED) is 0.0336. The second-order valence-electron chi connectivity index (χ2n) is 30.8. The molecule has 8 aromatic carbocycles. The van der Waals surface area contributed by atoms with Crippen LogP contribution in [-0.2, 0) is 32.7 Å². The number of methoxy groups -OCH3 is 8. The monoisotopic (exact) mass is 1990 g/mol. The summed E-state index contributed by atoms with van der Waals surface area (Å²) in [5.41, 5.74) is 17.7. The molecule has 36 heteroatoms. The highest BCUT2D eigenvalue weighted by Crippen LogP contribution is 2.51. The van der Waals surface area contributed by atoms with E-state index < -0.39 is 5.97 Å². The first-order valence-electron chi connectivity index (χ1n) is 42.2. The lowest BCUT2D eigenvalue weighted by Crippen LogP contribution is -2.45. The van der Waals surface area contributed by atoms with Crippen LogP contribution in [0.5, 0.6) is 46.0 Å². The van der Waals surface area contributed by atoms with Gasteiger partial charge in [-0.1, -0.05) is 167 Å². The molecule has 9 heterocycles. The number of carboxylic acid groups (broad SMARTS) is 1. The van der Waals surface area contributed by atoms with Gasteiger partial charge >= 0.3 is 5.97 Å². The Balaban J connectivity index is 0.000000211. The lowest BCUT2D eigenvalue weighted by atomic mass is 9.99. The number of nitrogens with two attached hydrogens (primary N) is 1. The minimum absolute atomic E-state index is 0. The van der Waals surface area contributed by atoms with E-state index in [1.54, 1.807) is 93.6 Å². The summed E-state index contributed by atoms with van der Waals surface area (Å²) in [4.78, 5) is 89.9. The van der Waals surface area contributed by atoms with E-state index >= 15 is 0 Å². The predicted molar refractivity (Wildman–Crippen MR) is 553 cm³/mol. The highest BCUT2D eigenvalue weighted by molar-refractivity contribution is 6.43. The maximum absolute atomic E-state index is 13.5. The summed E-state index contributed by atoms with van der Waals surface area (Å²) in [5.74, 6) is 3.75. The van der Waals surface area contributed by atoms with Crippen molar-refractivity contribution >= 4 is 138 Å². The van der Waals surface area contributed by atoms with Crippen molar-refractivity contribution in [2.24, 2.45) is 0 Å². The molecule has 138 heavy (non-hydrogen) atoms. The van der Waals surface area contributed by atoms with Gasteiger partial charge in [-0.25, -0.2) is 19.7 Å². The number of anilines is 3. The smallest absolute Gasteiger partial charge is 0.337 e. The van der Waals surface area contributed by atoms with Gasteiger partial charge in [0.05, 0.1) is 120 Å². The average Bonchev–Trinajstić information content (AvgIpc) is 0.757. The van der Waals surface area contributed by atoms with Gasteiger partial charge in [-0.2, -0.15) is 0 Å². The van der Waals surface area contributed by atoms with Gasteiger partial charge < -0.3 is 64.7 Å². The molecule has 0 atom stereocenters. The van der Waals surface area contributed by atoms with Crippen molar-refractivity contribution in [2.75, 3.05) is 152 Å². The van der Waals surface area contributed by atoms with E-state index in [-0.39, 0.29) is 70.1 Å². The molecular formula is C102H116Cl6N18O12. The molecule has 0 bridgehead atoms. The summed E-state index contributed by atoms with van der Waals surface area (Å²) < 4.78 is 42.7. The zero-order valence-electron chi connectivity index (χ0n) is 74.0. The van der Waals surface area contributed by atoms with Gasteiger partial charge in [0, 0.05) is 219 Å².